The maximum absolute atomic E-state index is 8.88. The second kappa shape index (κ2) is 5.47. The molecule has 0 bridgehead atoms. The van der Waals surface area contributed by atoms with Crippen molar-refractivity contribution in [2.24, 2.45) is 0 Å². The second-order valence-corrected chi connectivity index (χ2v) is 5.67. The van der Waals surface area contributed by atoms with Gasteiger partial charge in [0.25, 0.3) is 0 Å². The normalized spacial score (nSPS) is 12.9. The third-order valence-corrected chi connectivity index (χ3v) is 3.96. The SMILES string of the molecule is CC(CO)SCc1nc(-c2cccs2)no1. The number of rotatable bonds is 5. The maximum atomic E-state index is 8.88. The lowest BCUT2D eigenvalue weighted by molar-refractivity contribution is 0.300. The van der Waals surface area contributed by atoms with E-state index in [1.165, 1.54) is 0 Å². The Balaban J connectivity index is 1.98. The van der Waals surface area contributed by atoms with E-state index in [1.54, 1.807) is 23.1 Å². The van der Waals surface area contributed by atoms with Gasteiger partial charge in [-0.3, -0.25) is 0 Å². The van der Waals surface area contributed by atoms with E-state index < -0.39 is 0 Å². The zero-order valence-corrected chi connectivity index (χ0v) is 10.4. The van der Waals surface area contributed by atoms with Crippen LogP contribution in [0.2, 0.25) is 0 Å². The molecule has 0 amide bonds. The van der Waals surface area contributed by atoms with Gasteiger partial charge in [0.05, 0.1) is 17.2 Å². The number of thiophene rings is 1. The minimum Gasteiger partial charge on any atom is -0.395 e. The molecule has 2 aromatic rings. The Labute approximate surface area is 102 Å². The Hall–Kier alpha value is -0.850. The predicted molar refractivity (Wildman–Crippen MR) is 65.5 cm³/mol. The molecule has 1 N–H and O–H groups in total. The molecule has 0 radical (unpaired) electrons. The zero-order valence-electron chi connectivity index (χ0n) is 8.79. The van der Waals surface area contributed by atoms with Crippen molar-refractivity contribution in [1.82, 2.24) is 10.1 Å². The summed E-state index contributed by atoms with van der Waals surface area (Å²) >= 11 is 3.18. The first-order valence-corrected chi connectivity index (χ1v) is 6.81. The van der Waals surface area contributed by atoms with Gasteiger partial charge in [0.1, 0.15) is 0 Å². The molecule has 2 rings (SSSR count). The van der Waals surface area contributed by atoms with Crippen molar-refractivity contribution in [2.75, 3.05) is 6.61 Å². The highest BCUT2D eigenvalue weighted by molar-refractivity contribution is 7.99. The van der Waals surface area contributed by atoms with Crippen molar-refractivity contribution < 1.29 is 9.63 Å². The zero-order chi connectivity index (χ0) is 11.4. The van der Waals surface area contributed by atoms with E-state index in [9.17, 15) is 0 Å². The molecule has 2 heterocycles. The van der Waals surface area contributed by atoms with Gasteiger partial charge in [-0.1, -0.05) is 18.1 Å². The minimum absolute atomic E-state index is 0.163. The van der Waals surface area contributed by atoms with E-state index in [-0.39, 0.29) is 11.9 Å². The highest BCUT2D eigenvalue weighted by Gasteiger charge is 2.10. The second-order valence-electron chi connectivity index (χ2n) is 3.29. The Kier molecular flexibility index (Phi) is 3.98. The highest BCUT2D eigenvalue weighted by Crippen LogP contribution is 2.23. The monoisotopic (exact) mass is 256 g/mol. The molecule has 2 aromatic heterocycles. The molecule has 6 heteroatoms. The molecule has 0 aliphatic rings. The van der Waals surface area contributed by atoms with Crippen LogP contribution in [0.5, 0.6) is 0 Å². The summed E-state index contributed by atoms with van der Waals surface area (Å²) < 4.78 is 5.13. The van der Waals surface area contributed by atoms with Gasteiger partial charge in [0.2, 0.25) is 11.7 Å². The van der Waals surface area contributed by atoms with E-state index in [0.717, 1.165) is 4.88 Å². The van der Waals surface area contributed by atoms with E-state index >= 15 is 0 Å². The van der Waals surface area contributed by atoms with Crippen LogP contribution in [0.4, 0.5) is 0 Å². The molecule has 0 saturated carbocycles. The van der Waals surface area contributed by atoms with E-state index in [2.05, 4.69) is 10.1 Å². The fraction of sp³-hybridized carbons (Fsp3) is 0.400. The Bertz CT molecular complexity index is 428. The summed E-state index contributed by atoms with van der Waals surface area (Å²) in [7, 11) is 0. The number of thioether (sulfide) groups is 1. The summed E-state index contributed by atoms with van der Waals surface area (Å²) in [5.74, 6) is 1.89. The van der Waals surface area contributed by atoms with E-state index in [0.29, 0.717) is 17.5 Å². The molecular formula is C10H12N2O2S2. The van der Waals surface area contributed by atoms with Crippen LogP contribution < -0.4 is 0 Å². The van der Waals surface area contributed by atoms with Crippen LogP contribution in [0.25, 0.3) is 10.7 Å². The lowest BCUT2D eigenvalue weighted by Crippen LogP contribution is -2.02. The molecule has 0 aromatic carbocycles. The first kappa shape index (κ1) is 11.6. The molecule has 86 valence electrons. The summed E-state index contributed by atoms with van der Waals surface area (Å²) in [4.78, 5) is 5.30. The Morgan fingerprint density at radius 3 is 3.19 bits per heavy atom. The summed E-state index contributed by atoms with van der Waals surface area (Å²) in [6, 6.07) is 3.92. The predicted octanol–water partition coefficient (Wildman–Crippen LogP) is 2.41. The number of hydrogen-bond donors (Lipinski definition) is 1. The topological polar surface area (TPSA) is 59.2 Å². The third kappa shape index (κ3) is 2.84. The molecule has 0 aliphatic carbocycles. The summed E-state index contributed by atoms with van der Waals surface area (Å²) in [5.41, 5.74) is 0. The van der Waals surface area contributed by atoms with Gasteiger partial charge in [0.15, 0.2) is 0 Å². The van der Waals surface area contributed by atoms with Crippen LogP contribution in [-0.2, 0) is 5.75 Å². The lowest BCUT2D eigenvalue weighted by atomic mass is 10.4. The van der Waals surface area contributed by atoms with Gasteiger partial charge in [-0.15, -0.1) is 23.1 Å². The van der Waals surface area contributed by atoms with Gasteiger partial charge in [-0.05, 0) is 11.4 Å². The Morgan fingerprint density at radius 1 is 1.62 bits per heavy atom. The first-order chi connectivity index (χ1) is 7.79. The van der Waals surface area contributed by atoms with Crippen molar-refractivity contribution in [2.45, 2.75) is 17.9 Å². The average Bonchev–Trinajstić information content (AvgIpc) is 2.95. The van der Waals surface area contributed by atoms with Gasteiger partial charge >= 0.3 is 0 Å². The average molecular weight is 256 g/mol. The van der Waals surface area contributed by atoms with E-state index in [4.69, 9.17) is 9.63 Å². The molecule has 1 unspecified atom stereocenters. The van der Waals surface area contributed by atoms with Crippen molar-refractivity contribution in [3.05, 3.63) is 23.4 Å². The van der Waals surface area contributed by atoms with Crippen molar-refractivity contribution in [3.8, 4) is 10.7 Å². The molecule has 4 nitrogen and oxygen atoms in total. The minimum atomic E-state index is 0.163. The summed E-state index contributed by atoms with van der Waals surface area (Å²) in [5, 5.41) is 15.0. The number of hydrogen-bond acceptors (Lipinski definition) is 6. The largest absolute Gasteiger partial charge is 0.395 e. The quantitative estimate of drug-likeness (QED) is 0.890. The number of aliphatic hydroxyl groups excluding tert-OH is 1. The fourth-order valence-corrected chi connectivity index (χ4v) is 2.38. The van der Waals surface area contributed by atoms with Crippen molar-refractivity contribution >= 4 is 23.1 Å². The Morgan fingerprint density at radius 2 is 2.50 bits per heavy atom. The van der Waals surface area contributed by atoms with Gasteiger partial charge in [-0.25, -0.2) is 0 Å². The number of aromatic nitrogens is 2. The van der Waals surface area contributed by atoms with Crippen molar-refractivity contribution in [1.29, 1.82) is 0 Å². The van der Waals surface area contributed by atoms with Crippen LogP contribution in [-0.4, -0.2) is 27.1 Å². The smallest absolute Gasteiger partial charge is 0.236 e. The maximum Gasteiger partial charge on any atom is 0.236 e. The fourth-order valence-electron chi connectivity index (χ4n) is 1.09. The molecule has 0 spiro atoms. The molecule has 16 heavy (non-hydrogen) atoms. The highest BCUT2D eigenvalue weighted by atomic mass is 32.2. The van der Waals surface area contributed by atoms with Gasteiger partial charge in [-0.2, -0.15) is 4.98 Å². The standard InChI is InChI=1S/C10H12N2O2S2/c1-7(5-13)16-6-9-11-10(12-14-9)8-3-2-4-15-8/h2-4,7,13H,5-6H2,1H3. The molecule has 0 aliphatic heterocycles. The summed E-state index contributed by atoms with van der Waals surface area (Å²) in [6.07, 6.45) is 0. The van der Waals surface area contributed by atoms with E-state index in [1.807, 2.05) is 24.4 Å². The summed E-state index contributed by atoms with van der Waals surface area (Å²) in [6.45, 7) is 2.12. The third-order valence-electron chi connectivity index (χ3n) is 1.96. The van der Waals surface area contributed by atoms with Crippen molar-refractivity contribution in [3.63, 3.8) is 0 Å². The van der Waals surface area contributed by atoms with Gasteiger partial charge < -0.3 is 9.63 Å². The van der Waals surface area contributed by atoms with Gasteiger partial charge in [0, 0.05) is 5.25 Å². The van der Waals surface area contributed by atoms with Crippen LogP contribution in [0.1, 0.15) is 12.8 Å². The molecule has 0 saturated heterocycles. The molecule has 0 fully saturated rings. The first-order valence-electron chi connectivity index (χ1n) is 4.88. The number of nitrogens with zero attached hydrogens (tertiary/aromatic N) is 2. The molecular weight excluding hydrogens is 244 g/mol. The van der Waals surface area contributed by atoms with Crippen LogP contribution >= 0.6 is 23.1 Å². The lowest BCUT2D eigenvalue weighted by Gasteiger charge is -2.03. The molecule has 1 atom stereocenters. The number of aliphatic hydroxyl groups is 1. The van der Waals surface area contributed by atoms with Crippen LogP contribution in [0.3, 0.4) is 0 Å². The van der Waals surface area contributed by atoms with Crippen LogP contribution in [0.15, 0.2) is 22.0 Å². The van der Waals surface area contributed by atoms with Crippen LogP contribution in [0, 0.1) is 0 Å².